The molecule has 1 saturated heterocycles. The van der Waals surface area contributed by atoms with Crippen molar-refractivity contribution in [3.05, 3.63) is 45.7 Å². The number of amides is 1. The van der Waals surface area contributed by atoms with Gasteiger partial charge in [0.2, 0.25) is 5.91 Å². The number of rotatable bonds is 8. The van der Waals surface area contributed by atoms with E-state index < -0.39 is 0 Å². The van der Waals surface area contributed by atoms with Crippen LogP contribution >= 0.6 is 23.2 Å². The normalized spacial score (nSPS) is 15.6. The summed E-state index contributed by atoms with van der Waals surface area (Å²) in [4.78, 5) is 14.1. The summed E-state index contributed by atoms with van der Waals surface area (Å²) in [5.74, 6) is 0.118. The lowest BCUT2D eigenvalue weighted by Gasteiger charge is -2.32. The molecule has 2 heterocycles. The lowest BCUT2D eigenvalue weighted by molar-refractivity contribution is -0.122. The predicted molar refractivity (Wildman–Crippen MR) is 118 cm³/mol. The topological polar surface area (TPSA) is 62.2 Å². The molecule has 2 N–H and O–H groups in total. The molecule has 2 aromatic rings. The fraction of sp³-hybridized carbons (Fsp3) is 0.524. The third-order valence-electron chi connectivity index (χ3n) is 5.30. The SMILES string of the molecule is CCCNC(=O)CN1CCC(NCc2c(C)nn(-c3ccccc3Cl)c2Cl)CC1. The van der Waals surface area contributed by atoms with E-state index in [0.29, 0.717) is 29.3 Å². The van der Waals surface area contributed by atoms with Crippen LogP contribution in [0, 0.1) is 6.92 Å². The molecule has 1 aromatic heterocycles. The van der Waals surface area contributed by atoms with Crippen LogP contribution in [0.1, 0.15) is 37.4 Å². The first-order valence-electron chi connectivity index (χ1n) is 10.2. The molecule has 0 saturated carbocycles. The van der Waals surface area contributed by atoms with Crippen molar-refractivity contribution in [3.63, 3.8) is 0 Å². The highest BCUT2D eigenvalue weighted by atomic mass is 35.5. The number of halogens is 2. The van der Waals surface area contributed by atoms with Gasteiger partial charge in [0.25, 0.3) is 0 Å². The van der Waals surface area contributed by atoms with Gasteiger partial charge in [0.05, 0.1) is 22.9 Å². The van der Waals surface area contributed by atoms with E-state index >= 15 is 0 Å². The molecule has 6 nitrogen and oxygen atoms in total. The van der Waals surface area contributed by atoms with Gasteiger partial charge in [0.1, 0.15) is 5.15 Å². The van der Waals surface area contributed by atoms with Gasteiger partial charge in [-0.15, -0.1) is 0 Å². The zero-order valence-electron chi connectivity index (χ0n) is 17.0. The maximum Gasteiger partial charge on any atom is 0.234 e. The van der Waals surface area contributed by atoms with Crippen LogP contribution in [0.4, 0.5) is 0 Å². The Kier molecular flexibility index (Phi) is 7.95. The number of hydrogen-bond acceptors (Lipinski definition) is 4. The van der Waals surface area contributed by atoms with Crippen molar-refractivity contribution in [1.82, 2.24) is 25.3 Å². The molecule has 1 aliphatic heterocycles. The molecule has 0 aliphatic carbocycles. The number of piperidine rings is 1. The zero-order valence-corrected chi connectivity index (χ0v) is 18.6. The number of para-hydroxylation sites is 1. The summed E-state index contributed by atoms with van der Waals surface area (Å²) in [5, 5.41) is 12.3. The summed E-state index contributed by atoms with van der Waals surface area (Å²) >= 11 is 12.9. The van der Waals surface area contributed by atoms with E-state index in [4.69, 9.17) is 23.2 Å². The third-order valence-corrected chi connectivity index (χ3v) is 6.00. The van der Waals surface area contributed by atoms with Crippen molar-refractivity contribution in [2.24, 2.45) is 0 Å². The summed E-state index contributed by atoms with van der Waals surface area (Å²) < 4.78 is 1.70. The standard InChI is InChI=1S/C21H29Cl2N5O/c1-3-10-24-20(29)14-27-11-8-16(9-12-27)25-13-17-15(2)26-28(21(17)23)19-7-5-4-6-18(19)22/h4-7,16,25H,3,8-14H2,1-2H3,(H,24,29). The number of carbonyl (C=O) groups excluding carboxylic acids is 1. The van der Waals surface area contributed by atoms with E-state index in [-0.39, 0.29) is 5.91 Å². The molecule has 0 radical (unpaired) electrons. The van der Waals surface area contributed by atoms with Gasteiger partial charge in [-0.3, -0.25) is 9.69 Å². The number of likely N-dealkylation sites (tertiary alicyclic amines) is 1. The Bertz CT molecular complexity index is 830. The molecular weight excluding hydrogens is 409 g/mol. The van der Waals surface area contributed by atoms with Crippen LogP contribution in [0.3, 0.4) is 0 Å². The van der Waals surface area contributed by atoms with E-state index in [0.717, 1.165) is 55.8 Å². The van der Waals surface area contributed by atoms with Crippen LogP contribution in [0.15, 0.2) is 24.3 Å². The van der Waals surface area contributed by atoms with E-state index in [1.807, 2.05) is 31.2 Å². The number of carbonyl (C=O) groups is 1. The van der Waals surface area contributed by atoms with Crippen molar-refractivity contribution < 1.29 is 4.79 Å². The molecule has 1 aliphatic rings. The van der Waals surface area contributed by atoms with Crippen molar-refractivity contribution >= 4 is 29.1 Å². The molecule has 1 amide bonds. The highest BCUT2D eigenvalue weighted by molar-refractivity contribution is 6.33. The molecule has 0 bridgehead atoms. The Hall–Kier alpha value is -1.60. The predicted octanol–water partition coefficient (Wildman–Crippen LogP) is 3.57. The summed E-state index contributed by atoms with van der Waals surface area (Å²) in [6.07, 6.45) is 2.99. The van der Waals surface area contributed by atoms with Gasteiger partial charge in [-0.2, -0.15) is 5.10 Å². The Labute approximate surface area is 182 Å². The summed E-state index contributed by atoms with van der Waals surface area (Å²) in [6.45, 7) is 7.76. The quantitative estimate of drug-likeness (QED) is 0.662. The Morgan fingerprint density at radius 1 is 1.24 bits per heavy atom. The number of aromatic nitrogens is 2. The summed E-state index contributed by atoms with van der Waals surface area (Å²) in [7, 11) is 0. The first-order chi connectivity index (χ1) is 14.0. The fourth-order valence-electron chi connectivity index (χ4n) is 3.58. The van der Waals surface area contributed by atoms with E-state index in [1.165, 1.54) is 0 Å². The highest BCUT2D eigenvalue weighted by Crippen LogP contribution is 2.27. The number of benzene rings is 1. The van der Waals surface area contributed by atoms with Gasteiger partial charge >= 0.3 is 0 Å². The van der Waals surface area contributed by atoms with Crippen molar-refractivity contribution in [3.8, 4) is 5.69 Å². The van der Waals surface area contributed by atoms with E-state index in [1.54, 1.807) is 4.68 Å². The highest BCUT2D eigenvalue weighted by Gasteiger charge is 2.22. The Morgan fingerprint density at radius 2 is 1.97 bits per heavy atom. The number of aryl methyl sites for hydroxylation is 1. The van der Waals surface area contributed by atoms with Crippen molar-refractivity contribution in [2.45, 2.75) is 45.7 Å². The minimum absolute atomic E-state index is 0.118. The molecule has 1 aromatic carbocycles. The maximum atomic E-state index is 11.9. The summed E-state index contributed by atoms with van der Waals surface area (Å²) in [6, 6.07) is 7.95. The number of nitrogens with one attached hydrogen (secondary N) is 2. The van der Waals surface area contributed by atoms with Gasteiger partial charge in [0, 0.05) is 37.8 Å². The molecule has 8 heteroatoms. The first kappa shape index (κ1) is 22.1. The van der Waals surface area contributed by atoms with Crippen LogP contribution in [0.2, 0.25) is 10.2 Å². The van der Waals surface area contributed by atoms with Gasteiger partial charge < -0.3 is 10.6 Å². The molecule has 0 atom stereocenters. The van der Waals surface area contributed by atoms with E-state index in [2.05, 4.69) is 27.6 Å². The molecule has 1 fully saturated rings. The fourth-order valence-corrected chi connectivity index (χ4v) is 4.13. The zero-order chi connectivity index (χ0) is 20.8. The van der Waals surface area contributed by atoms with Crippen LogP contribution in [0.5, 0.6) is 0 Å². The van der Waals surface area contributed by atoms with Crippen LogP contribution < -0.4 is 10.6 Å². The van der Waals surface area contributed by atoms with Crippen molar-refractivity contribution in [1.29, 1.82) is 0 Å². The lowest BCUT2D eigenvalue weighted by Crippen LogP contribution is -2.46. The largest absolute Gasteiger partial charge is 0.355 e. The molecule has 0 spiro atoms. The second kappa shape index (κ2) is 10.4. The third kappa shape index (κ3) is 5.72. The second-order valence-corrected chi connectivity index (χ2v) is 8.26. The molecular formula is C21H29Cl2N5O. The van der Waals surface area contributed by atoms with Gasteiger partial charge in [-0.25, -0.2) is 4.68 Å². The molecule has 158 valence electrons. The first-order valence-corrected chi connectivity index (χ1v) is 11.0. The molecule has 0 unspecified atom stereocenters. The lowest BCUT2D eigenvalue weighted by atomic mass is 10.0. The Morgan fingerprint density at radius 3 is 2.66 bits per heavy atom. The maximum absolute atomic E-state index is 11.9. The Balaban J connectivity index is 1.53. The van der Waals surface area contributed by atoms with Crippen LogP contribution in [0.25, 0.3) is 5.69 Å². The average Bonchev–Trinajstić information content (AvgIpc) is 3.00. The van der Waals surface area contributed by atoms with Gasteiger partial charge in [0.15, 0.2) is 0 Å². The number of nitrogens with zero attached hydrogens (tertiary/aromatic N) is 3. The van der Waals surface area contributed by atoms with Gasteiger partial charge in [-0.05, 0) is 38.3 Å². The second-order valence-electron chi connectivity index (χ2n) is 7.50. The summed E-state index contributed by atoms with van der Waals surface area (Å²) in [5.41, 5.74) is 2.67. The molecule has 29 heavy (non-hydrogen) atoms. The monoisotopic (exact) mass is 437 g/mol. The van der Waals surface area contributed by atoms with E-state index in [9.17, 15) is 4.79 Å². The smallest absolute Gasteiger partial charge is 0.234 e. The van der Waals surface area contributed by atoms with Crippen molar-refractivity contribution in [2.75, 3.05) is 26.2 Å². The average molecular weight is 438 g/mol. The number of hydrogen-bond donors (Lipinski definition) is 2. The van der Waals surface area contributed by atoms with Gasteiger partial charge in [-0.1, -0.05) is 42.3 Å². The molecule has 3 rings (SSSR count). The minimum atomic E-state index is 0.118. The van der Waals surface area contributed by atoms with Crippen LogP contribution in [-0.4, -0.2) is 52.8 Å². The van der Waals surface area contributed by atoms with Crippen LogP contribution in [-0.2, 0) is 11.3 Å². The minimum Gasteiger partial charge on any atom is -0.355 e.